The lowest BCUT2D eigenvalue weighted by atomic mass is 10.0. The van der Waals surface area contributed by atoms with Gasteiger partial charge < -0.3 is 5.32 Å². The van der Waals surface area contributed by atoms with Crippen molar-refractivity contribution in [3.8, 4) is 0 Å². The molecule has 0 radical (unpaired) electrons. The maximum atomic E-state index is 13.2. The largest absolute Gasteiger partial charge is 0.309 e. The third-order valence-electron chi connectivity index (χ3n) is 2.42. The molecule has 1 aromatic carbocycles. The Morgan fingerprint density at radius 3 is 2.75 bits per heavy atom. The molecule has 0 fully saturated rings. The average Bonchev–Trinajstić information content (AvgIpc) is 2.67. The van der Waals surface area contributed by atoms with Crippen LogP contribution in [-0.4, -0.2) is 7.05 Å². The van der Waals surface area contributed by atoms with Gasteiger partial charge in [-0.3, -0.25) is 0 Å². The van der Waals surface area contributed by atoms with Crippen molar-refractivity contribution in [1.29, 1.82) is 0 Å². The van der Waals surface area contributed by atoms with Gasteiger partial charge in [-0.05, 0) is 51.6 Å². The molecule has 0 bridgehead atoms. The highest BCUT2D eigenvalue weighted by molar-refractivity contribution is 9.10. The molecule has 0 spiro atoms. The van der Waals surface area contributed by atoms with Crippen LogP contribution in [0.3, 0.4) is 0 Å². The Morgan fingerprint density at radius 2 is 2.19 bits per heavy atom. The standard InChI is InChI=1S/C12H11BrFNS/c1-15-12(10-6-16-7-11(10)13)8-3-2-4-9(14)5-8/h2-7,12,15H,1H3. The minimum Gasteiger partial charge on any atom is -0.309 e. The molecule has 0 saturated heterocycles. The van der Waals surface area contributed by atoms with Crippen LogP contribution in [0.4, 0.5) is 4.39 Å². The number of thiophene rings is 1. The lowest BCUT2D eigenvalue weighted by Gasteiger charge is -2.16. The average molecular weight is 300 g/mol. The van der Waals surface area contributed by atoms with E-state index in [9.17, 15) is 4.39 Å². The summed E-state index contributed by atoms with van der Waals surface area (Å²) in [7, 11) is 1.87. The first kappa shape index (κ1) is 11.8. The van der Waals surface area contributed by atoms with E-state index in [0.717, 1.165) is 15.6 Å². The molecule has 1 atom stereocenters. The van der Waals surface area contributed by atoms with Crippen molar-refractivity contribution in [2.24, 2.45) is 0 Å². The minimum absolute atomic E-state index is 0.0244. The van der Waals surface area contributed by atoms with Crippen molar-refractivity contribution in [1.82, 2.24) is 5.32 Å². The maximum Gasteiger partial charge on any atom is 0.123 e. The molecule has 1 heterocycles. The molecular weight excluding hydrogens is 289 g/mol. The van der Waals surface area contributed by atoms with E-state index in [1.165, 1.54) is 6.07 Å². The van der Waals surface area contributed by atoms with Crippen molar-refractivity contribution < 1.29 is 4.39 Å². The second kappa shape index (κ2) is 5.08. The zero-order valence-electron chi connectivity index (χ0n) is 8.71. The lowest BCUT2D eigenvalue weighted by Crippen LogP contribution is -2.17. The first-order valence-electron chi connectivity index (χ1n) is 4.86. The number of hydrogen-bond acceptors (Lipinski definition) is 2. The summed E-state index contributed by atoms with van der Waals surface area (Å²) in [6.45, 7) is 0. The quantitative estimate of drug-likeness (QED) is 0.905. The molecular formula is C12H11BrFNS. The van der Waals surface area contributed by atoms with E-state index in [1.54, 1.807) is 23.5 Å². The Bertz CT molecular complexity index is 483. The van der Waals surface area contributed by atoms with E-state index < -0.39 is 0 Å². The SMILES string of the molecule is CNC(c1cccc(F)c1)c1cscc1Br. The van der Waals surface area contributed by atoms with Gasteiger partial charge in [0.25, 0.3) is 0 Å². The zero-order valence-corrected chi connectivity index (χ0v) is 11.1. The smallest absolute Gasteiger partial charge is 0.123 e. The highest BCUT2D eigenvalue weighted by Gasteiger charge is 2.15. The van der Waals surface area contributed by atoms with Crippen molar-refractivity contribution >= 4 is 27.3 Å². The summed E-state index contributed by atoms with van der Waals surface area (Å²) in [5, 5.41) is 7.29. The molecule has 0 amide bonds. The van der Waals surface area contributed by atoms with Crippen LogP contribution in [0.5, 0.6) is 0 Å². The fourth-order valence-corrected chi connectivity index (χ4v) is 3.24. The molecule has 2 rings (SSSR count). The monoisotopic (exact) mass is 299 g/mol. The topological polar surface area (TPSA) is 12.0 Å². The fraction of sp³-hybridized carbons (Fsp3) is 0.167. The van der Waals surface area contributed by atoms with Crippen LogP contribution in [0.25, 0.3) is 0 Å². The number of hydrogen-bond donors (Lipinski definition) is 1. The molecule has 16 heavy (non-hydrogen) atoms. The first-order chi connectivity index (χ1) is 7.72. The predicted molar refractivity (Wildman–Crippen MR) is 69.3 cm³/mol. The van der Waals surface area contributed by atoms with Gasteiger partial charge in [0.15, 0.2) is 0 Å². The van der Waals surface area contributed by atoms with Crippen molar-refractivity contribution in [2.75, 3.05) is 7.05 Å². The van der Waals surface area contributed by atoms with E-state index in [0.29, 0.717) is 0 Å². The third-order valence-corrected chi connectivity index (χ3v) is 4.18. The van der Waals surface area contributed by atoms with E-state index >= 15 is 0 Å². The zero-order chi connectivity index (χ0) is 11.5. The predicted octanol–water partition coefficient (Wildman–Crippen LogP) is 3.96. The van der Waals surface area contributed by atoms with Gasteiger partial charge in [-0.1, -0.05) is 12.1 Å². The summed E-state index contributed by atoms with van der Waals surface area (Å²) in [6.07, 6.45) is 0. The Hall–Kier alpha value is -0.710. The molecule has 0 saturated carbocycles. The van der Waals surface area contributed by atoms with Crippen LogP contribution in [0.1, 0.15) is 17.2 Å². The normalized spacial score (nSPS) is 12.7. The molecule has 4 heteroatoms. The van der Waals surface area contributed by atoms with Crippen LogP contribution in [-0.2, 0) is 0 Å². The van der Waals surface area contributed by atoms with Crippen LogP contribution in [0, 0.1) is 5.82 Å². The van der Waals surface area contributed by atoms with Crippen molar-refractivity contribution in [2.45, 2.75) is 6.04 Å². The number of benzene rings is 1. The molecule has 84 valence electrons. The van der Waals surface area contributed by atoms with Crippen molar-refractivity contribution in [3.63, 3.8) is 0 Å². The Labute approximate surface area is 106 Å². The van der Waals surface area contributed by atoms with Crippen LogP contribution in [0.15, 0.2) is 39.5 Å². The summed E-state index contributed by atoms with van der Waals surface area (Å²) in [5.41, 5.74) is 2.07. The van der Waals surface area contributed by atoms with Gasteiger partial charge in [-0.25, -0.2) is 4.39 Å². The Balaban J connectivity index is 2.40. The summed E-state index contributed by atoms with van der Waals surface area (Å²) in [5.74, 6) is -0.205. The van der Waals surface area contributed by atoms with Crippen molar-refractivity contribution in [3.05, 3.63) is 56.4 Å². The number of halogens is 2. The summed E-state index contributed by atoms with van der Waals surface area (Å²) < 4.78 is 14.2. The van der Waals surface area contributed by atoms with Gasteiger partial charge in [0.05, 0.1) is 6.04 Å². The second-order valence-corrected chi connectivity index (χ2v) is 5.05. The van der Waals surface area contributed by atoms with Crippen LogP contribution in [0.2, 0.25) is 0 Å². The van der Waals surface area contributed by atoms with Crippen LogP contribution >= 0.6 is 27.3 Å². The lowest BCUT2D eigenvalue weighted by molar-refractivity contribution is 0.616. The van der Waals surface area contributed by atoms with E-state index in [-0.39, 0.29) is 11.9 Å². The van der Waals surface area contributed by atoms with E-state index in [1.807, 2.05) is 18.5 Å². The molecule has 1 unspecified atom stereocenters. The molecule has 2 aromatic rings. The molecule has 1 aromatic heterocycles. The van der Waals surface area contributed by atoms with E-state index in [4.69, 9.17) is 0 Å². The van der Waals surface area contributed by atoms with E-state index in [2.05, 4.69) is 26.6 Å². The molecule has 0 aliphatic carbocycles. The molecule has 0 aliphatic heterocycles. The maximum absolute atomic E-state index is 13.2. The van der Waals surface area contributed by atoms with Gasteiger partial charge in [0, 0.05) is 9.85 Å². The fourth-order valence-electron chi connectivity index (χ4n) is 1.69. The second-order valence-electron chi connectivity index (χ2n) is 3.45. The molecule has 0 aliphatic rings. The first-order valence-corrected chi connectivity index (χ1v) is 6.60. The summed E-state index contributed by atoms with van der Waals surface area (Å²) in [4.78, 5) is 0. The summed E-state index contributed by atoms with van der Waals surface area (Å²) >= 11 is 5.13. The highest BCUT2D eigenvalue weighted by Crippen LogP contribution is 2.31. The van der Waals surface area contributed by atoms with Gasteiger partial charge >= 0.3 is 0 Å². The molecule has 1 N–H and O–H groups in total. The van der Waals surface area contributed by atoms with Crippen LogP contribution < -0.4 is 5.32 Å². The van der Waals surface area contributed by atoms with Gasteiger partial charge in [0.1, 0.15) is 5.82 Å². The third kappa shape index (κ3) is 2.34. The van der Waals surface area contributed by atoms with Gasteiger partial charge in [0.2, 0.25) is 0 Å². The Morgan fingerprint density at radius 1 is 1.38 bits per heavy atom. The summed E-state index contributed by atoms with van der Waals surface area (Å²) in [6, 6.07) is 6.70. The van der Waals surface area contributed by atoms with Gasteiger partial charge in [-0.15, -0.1) is 0 Å². The Kier molecular flexibility index (Phi) is 3.74. The minimum atomic E-state index is -0.205. The number of nitrogens with one attached hydrogen (secondary N) is 1. The number of rotatable bonds is 3. The highest BCUT2D eigenvalue weighted by atomic mass is 79.9. The van der Waals surface area contributed by atoms with Gasteiger partial charge in [-0.2, -0.15) is 11.3 Å². The molecule has 1 nitrogen and oxygen atoms in total.